The van der Waals surface area contributed by atoms with Gasteiger partial charge in [-0.25, -0.2) is 14.3 Å². The van der Waals surface area contributed by atoms with Crippen LogP contribution in [0.4, 0.5) is 15.2 Å². The molecule has 0 atom stereocenters. The van der Waals surface area contributed by atoms with Crippen LogP contribution in [0.25, 0.3) is 6.08 Å². The van der Waals surface area contributed by atoms with E-state index >= 15 is 0 Å². The van der Waals surface area contributed by atoms with Crippen molar-refractivity contribution in [1.29, 1.82) is 5.41 Å². The number of anilines is 2. The summed E-state index contributed by atoms with van der Waals surface area (Å²) in [6, 6.07) is 12.4. The zero-order chi connectivity index (χ0) is 21.8. The van der Waals surface area contributed by atoms with Crippen molar-refractivity contribution in [3.8, 4) is 5.75 Å². The monoisotopic (exact) mass is 454 g/mol. The summed E-state index contributed by atoms with van der Waals surface area (Å²) in [5.74, 6) is -0.722. The minimum atomic E-state index is -0.405. The summed E-state index contributed by atoms with van der Waals surface area (Å²) in [5, 5.41) is 13.0. The van der Waals surface area contributed by atoms with E-state index < -0.39 is 11.7 Å². The first-order valence-corrected chi connectivity index (χ1v) is 10.7. The second-order valence-corrected chi connectivity index (χ2v) is 8.16. The number of thiazole rings is 1. The minimum absolute atomic E-state index is 0.0725. The van der Waals surface area contributed by atoms with Crippen LogP contribution in [-0.4, -0.2) is 28.6 Å². The van der Waals surface area contributed by atoms with Crippen LogP contribution in [0, 0.1) is 11.2 Å². The number of nitrogens with zero attached hydrogens (tertiary/aromatic N) is 2. The molecule has 1 fully saturated rings. The molecule has 2 aromatic carbocycles. The van der Waals surface area contributed by atoms with Gasteiger partial charge in [-0.2, -0.15) is 0 Å². The molecule has 1 aliphatic heterocycles. The van der Waals surface area contributed by atoms with E-state index in [2.05, 4.69) is 10.3 Å². The fourth-order valence-corrected chi connectivity index (χ4v) is 4.27. The Bertz CT molecular complexity index is 1160. The van der Waals surface area contributed by atoms with Gasteiger partial charge in [0, 0.05) is 22.8 Å². The molecular weight excluding hydrogens is 439 g/mol. The van der Waals surface area contributed by atoms with Crippen molar-refractivity contribution >= 4 is 57.0 Å². The van der Waals surface area contributed by atoms with Crippen molar-refractivity contribution < 1.29 is 18.7 Å². The Kier molecular flexibility index (Phi) is 6.10. The van der Waals surface area contributed by atoms with E-state index in [0.717, 1.165) is 11.8 Å². The van der Waals surface area contributed by atoms with Gasteiger partial charge >= 0.3 is 0 Å². The van der Waals surface area contributed by atoms with E-state index in [9.17, 15) is 14.0 Å². The van der Waals surface area contributed by atoms with Crippen LogP contribution in [0.15, 0.2) is 65.0 Å². The SMILES string of the molecule is N=C1S/C(=C\c2ccccc2OCC(=O)Nc2ccc(F)cc2)C(=O)N1c1nccs1. The molecule has 0 saturated carbocycles. The number of amides is 2. The molecule has 0 radical (unpaired) electrons. The van der Waals surface area contributed by atoms with Gasteiger partial charge in [-0.3, -0.25) is 15.0 Å². The first-order valence-electron chi connectivity index (χ1n) is 9.00. The van der Waals surface area contributed by atoms with E-state index in [1.165, 1.54) is 40.5 Å². The topological polar surface area (TPSA) is 95.4 Å². The third-order valence-electron chi connectivity index (χ3n) is 4.13. The van der Waals surface area contributed by atoms with Crippen molar-refractivity contribution in [2.24, 2.45) is 0 Å². The van der Waals surface area contributed by atoms with E-state index in [0.29, 0.717) is 27.0 Å². The Morgan fingerprint density at radius 2 is 2.00 bits per heavy atom. The van der Waals surface area contributed by atoms with Gasteiger partial charge in [0.05, 0.1) is 4.91 Å². The van der Waals surface area contributed by atoms with E-state index in [1.807, 2.05) is 0 Å². The molecule has 0 bridgehead atoms. The van der Waals surface area contributed by atoms with E-state index in [1.54, 1.807) is 41.9 Å². The second-order valence-electron chi connectivity index (χ2n) is 6.25. The fraction of sp³-hybridized carbons (Fsp3) is 0.0476. The van der Waals surface area contributed by atoms with Crippen LogP contribution in [0.5, 0.6) is 5.75 Å². The smallest absolute Gasteiger partial charge is 0.273 e. The summed E-state index contributed by atoms with van der Waals surface area (Å²) in [6.45, 7) is -0.264. The van der Waals surface area contributed by atoms with Crippen molar-refractivity contribution in [3.05, 3.63) is 76.4 Å². The van der Waals surface area contributed by atoms with Gasteiger partial charge in [-0.15, -0.1) is 11.3 Å². The molecule has 1 aliphatic rings. The lowest BCUT2D eigenvalue weighted by atomic mass is 10.2. The number of hydrogen-bond donors (Lipinski definition) is 2. The molecule has 10 heteroatoms. The molecule has 7 nitrogen and oxygen atoms in total. The molecule has 0 unspecified atom stereocenters. The molecular formula is C21H15FN4O3S2. The zero-order valence-corrected chi connectivity index (χ0v) is 17.5. The van der Waals surface area contributed by atoms with Crippen molar-refractivity contribution in [3.63, 3.8) is 0 Å². The number of amidine groups is 1. The first kappa shape index (κ1) is 20.8. The van der Waals surface area contributed by atoms with Gasteiger partial charge in [0.2, 0.25) is 0 Å². The predicted octanol–water partition coefficient (Wildman–Crippen LogP) is 4.36. The highest BCUT2D eigenvalue weighted by molar-refractivity contribution is 8.19. The third-order valence-corrected chi connectivity index (χ3v) is 5.77. The van der Waals surface area contributed by atoms with Gasteiger partial charge in [0.1, 0.15) is 11.6 Å². The van der Waals surface area contributed by atoms with Gasteiger partial charge in [0.15, 0.2) is 16.9 Å². The molecule has 2 heterocycles. The Hall–Kier alpha value is -3.50. The van der Waals surface area contributed by atoms with Crippen LogP contribution in [0.3, 0.4) is 0 Å². The first-order chi connectivity index (χ1) is 15.0. The average molecular weight is 455 g/mol. The van der Waals surface area contributed by atoms with E-state index in [4.69, 9.17) is 10.1 Å². The highest BCUT2D eigenvalue weighted by Gasteiger charge is 2.35. The standard InChI is InChI=1S/C21H15FN4O3S2/c22-14-5-7-15(8-6-14)25-18(27)12-29-16-4-2-1-3-13(16)11-17-19(28)26(20(23)31-17)21-24-9-10-30-21/h1-11,23H,12H2,(H,25,27)/b17-11-,23-20?. The number of ether oxygens (including phenoxy) is 1. The quantitative estimate of drug-likeness (QED) is 0.540. The van der Waals surface area contributed by atoms with E-state index in [-0.39, 0.29) is 17.7 Å². The molecule has 3 aromatic rings. The summed E-state index contributed by atoms with van der Waals surface area (Å²) < 4.78 is 18.6. The lowest BCUT2D eigenvalue weighted by molar-refractivity contribution is -0.118. The molecule has 1 saturated heterocycles. The van der Waals surface area contributed by atoms with Crippen molar-refractivity contribution in [2.75, 3.05) is 16.8 Å². The number of benzene rings is 2. The van der Waals surface area contributed by atoms with Crippen molar-refractivity contribution in [2.45, 2.75) is 0 Å². The maximum absolute atomic E-state index is 13.0. The molecule has 1 aromatic heterocycles. The number of nitrogens with one attached hydrogen (secondary N) is 2. The molecule has 0 aliphatic carbocycles. The summed E-state index contributed by atoms with van der Waals surface area (Å²) in [6.07, 6.45) is 3.20. The molecule has 31 heavy (non-hydrogen) atoms. The summed E-state index contributed by atoms with van der Waals surface area (Å²) in [7, 11) is 0. The molecule has 156 valence electrons. The van der Waals surface area contributed by atoms with Gasteiger partial charge in [0.25, 0.3) is 11.8 Å². The number of aromatic nitrogens is 1. The number of halogens is 1. The summed E-state index contributed by atoms with van der Waals surface area (Å²) in [4.78, 5) is 30.6. The van der Waals surface area contributed by atoms with Gasteiger partial charge in [-0.1, -0.05) is 18.2 Å². The van der Waals surface area contributed by atoms with Crippen molar-refractivity contribution in [1.82, 2.24) is 4.98 Å². The Morgan fingerprint density at radius 1 is 1.23 bits per heavy atom. The fourth-order valence-electron chi connectivity index (χ4n) is 2.73. The Balaban J connectivity index is 1.46. The van der Waals surface area contributed by atoms with Crippen LogP contribution >= 0.6 is 23.1 Å². The lowest BCUT2D eigenvalue weighted by Crippen LogP contribution is -2.27. The summed E-state index contributed by atoms with van der Waals surface area (Å²) in [5.41, 5.74) is 1.06. The Morgan fingerprint density at radius 3 is 2.74 bits per heavy atom. The second kappa shape index (κ2) is 9.11. The molecule has 0 spiro atoms. The van der Waals surface area contributed by atoms with Gasteiger partial charge < -0.3 is 10.1 Å². The van der Waals surface area contributed by atoms with Crippen LogP contribution in [0.1, 0.15) is 5.56 Å². The van der Waals surface area contributed by atoms with Crippen LogP contribution in [0.2, 0.25) is 0 Å². The number of hydrogen-bond acceptors (Lipinski definition) is 7. The van der Waals surface area contributed by atoms with Crippen LogP contribution in [-0.2, 0) is 9.59 Å². The van der Waals surface area contributed by atoms with Crippen LogP contribution < -0.4 is 15.0 Å². The number of para-hydroxylation sites is 1. The number of carbonyl (C=O) groups is 2. The summed E-state index contributed by atoms with van der Waals surface area (Å²) >= 11 is 2.31. The number of rotatable bonds is 6. The maximum Gasteiger partial charge on any atom is 0.273 e. The van der Waals surface area contributed by atoms with Gasteiger partial charge in [-0.05, 0) is 48.2 Å². The zero-order valence-electron chi connectivity index (χ0n) is 15.9. The lowest BCUT2D eigenvalue weighted by Gasteiger charge is -2.10. The molecule has 4 rings (SSSR count). The highest BCUT2D eigenvalue weighted by atomic mass is 32.2. The molecule has 2 N–H and O–H groups in total. The Labute approximate surface area is 185 Å². The normalized spacial score (nSPS) is 14.9. The maximum atomic E-state index is 13.0. The number of thioether (sulfide) groups is 1. The largest absolute Gasteiger partial charge is 0.483 e. The highest BCUT2D eigenvalue weighted by Crippen LogP contribution is 2.36. The average Bonchev–Trinajstić information content (AvgIpc) is 3.37. The molecule has 2 amide bonds. The minimum Gasteiger partial charge on any atom is -0.483 e. The predicted molar refractivity (Wildman–Crippen MR) is 120 cm³/mol. The third kappa shape index (κ3) is 4.81. The number of carbonyl (C=O) groups excluding carboxylic acids is 2.